The summed E-state index contributed by atoms with van der Waals surface area (Å²) in [6.45, 7) is 0.459. The van der Waals surface area contributed by atoms with E-state index < -0.39 is 15.6 Å². The summed E-state index contributed by atoms with van der Waals surface area (Å²) in [7, 11) is -3.30. The Morgan fingerprint density at radius 1 is 1.36 bits per heavy atom. The van der Waals surface area contributed by atoms with Crippen molar-refractivity contribution in [3.63, 3.8) is 0 Å². The van der Waals surface area contributed by atoms with Gasteiger partial charge in [0.15, 0.2) is 0 Å². The molecule has 2 atom stereocenters. The highest BCUT2D eigenvalue weighted by Crippen LogP contribution is 2.47. The van der Waals surface area contributed by atoms with Gasteiger partial charge in [0.05, 0.1) is 30.5 Å². The molecule has 2 unspecified atom stereocenters. The predicted octanol–water partition coefficient (Wildman–Crippen LogP) is 0.849. The van der Waals surface area contributed by atoms with Crippen LogP contribution >= 0.6 is 0 Å². The molecule has 22 heavy (non-hydrogen) atoms. The summed E-state index contributed by atoms with van der Waals surface area (Å²) in [6, 6.07) is 7.61. The zero-order valence-corrected chi connectivity index (χ0v) is 13.0. The molecule has 2 aromatic rings. The third-order valence-electron chi connectivity index (χ3n) is 4.70. The Balaban J connectivity index is 1.81. The lowest BCUT2D eigenvalue weighted by Gasteiger charge is -2.31. The summed E-state index contributed by atoms with van der Waals surface area (Å²) < 4.78 is 26.9. The largest absolute Gasteiger partial charge is 0.386 e. The highest BCUT2D eigenvalue weighted by atomic mass is 32.2. The molecule has 7 heteroatoms. The van der Waals surface area contributed by atoms with Crippen molar-refractivity contribution in [3.05, 3.63) is 42.4 Å². The Morgan fingerprint density at radius 2 is 2.14 bits per heavy atom. The number of fused-ring (bicyclic) bond motifs is 3. The van der Waals surface area contributed by atoms with Gasteiger partial charge in [-0.05, 0) is 12.0 Å². The van der Waals surface area contributed by atoms with Crippen molar-refractivity contribution in [2.75, 3.05) is 19.3 Å². The van der Waals surface area contributed by atoms with Crippen LogP contribution < -0.4 is 0 Å². The SMILES string of the molecule is CS(=O)(=O)N1CCC(O)(C2c3ccccc3-c3cncn32)C1. The van der Waals surface area contributed by atoms with E-state index in [0.717, 1.165) is 16.8 Å². The number of hydrogen-bond acceptors (Lipinski definition) is 4. The van der Waals surface area contributed by atoms with E-state index in [1.165, 1.54) is 10.6 Å². The second-order valence-electron chi connectivity index (χ2n) is 6.13. The molecule has 1 N–H and O–H groups in total. The molecule has 0 radical (unpaired) electrons. The minimum atomic E-state index is -3.30. The molecule has 1 aromatic heterocycles. The zero-order valence-electron chi connectivity index (χ0n) is 12.2. The third-order valence-corrected chi connectivity index (χ3v) is 5.95. The lowest BCUT2D eigenvalue weighted by molar-refractivity contribution is 0.0193. The summed E-state index contributed by atoms with van der Waals surface area (Å²) in [5.41, 5.74) is 1.92. The van der Waals surface area contributed by atoms with Gasteiger partial charge in [-0.15, -0.1) is 0 Å². The fraction of sp³-hybridized carbons (Fsp3) is 0.400. The molecule has 0 bridgehead atoms. The van der Waals surface area contributed by atoms with E-state index in [0.29, 0.717) is 13.0 Å². The van der Waals surface area contributed by atoms with E-state index in [4.69, 9.17) is 0 Å². The molecule has 1 aromatic carbocycles. The quantitative estimate of drug-likeness (QED) is 0.890. The minimum absolute atomic E-state index is 0.114. The molecule has 116 valence electrons. The third kappa shape index (κ3) is 1.86. The maximum atomic E-state index is 11.8. The van der Waals surface area contributed by atoms with Crippen molar-refractivity contribution in [2.24, 2.45) is 0 Å². The first-order valence-corrected chi connectivity index (χ1v) is 9.04. The topological polar surface area (TPSA) is 75.4 Å². The van der Waals surface area contributed by atoms with Gasteiger partial charge in [-0.3, -0.25) is 0 Å². The fourth-order valence-electron chi connectivity index (χ4n) is 3.67. The maximum absolute atomic E-state index is 11.8. The number of β-amino-alcohol motifs (C(OH)–C–C–N with tert-alkyl or cyclic N) is 1. The van der Waals surface area contributed by atoms with Crippen LogP contribution in [0.3, 0.4) is 0 Å². The van der Waals surface area contributed by atoms with Gasteiger partial charge in [0.25, 0.3) is 0 Å². The molecule has 1 saturated heterocycles. The van der Waals surface area contributed by atoms with Gasteiger partial charge in [-0.1, -0.05) is 24.3 Å². The number of aliphatic hydroxyl groups is 1. The van der Waals surface area contributed by atoms with Crippen molar-refractivity contribution in [1.82, 2.24) is 13.9 Å². The van der Waals surface area contributed by atoms with Crippen LogP contribution in [0.25, 0.3) is 11.3 Å². The van der Waals surface area contributed by atoms with Crippen molar-refractivity contribution in [1.29, 1.82) is 0 Å². The van der Waals surface area contributed by atoms with Crippen LogP contribution in [0.2, 0.25) is 0 Å². The first-order chi connectivity index (χ1) is 10.4. The van der Waals surface area contributed by atoms with Gasteiger partial charge < -0.3 is 9.67 Å². The first kappa shape index (κ1) is 13.9. The maximum Gasteiger partial charge on any atom is 0.211 e. The molecule has 0 aliphatic carbocycles. The highest BCUT2D eigenvalue weighted by Gasteiger charge is 2.49. The average molecular weight is 319 g/mol. The van der Waals surface area contributed by atoms with Gasteiger partial charge in [0.2, 0.25) is 10.0 Å². The van der Waals surface area contributed by atoms with E-state index in [9.17, 15) is 13.5 Å². The predicted molar refractivity (Wildman–Crippen MR) is 81.8 cm³/mol. The number of hydrogen-bond donors (Lipinski definition) is 1. The second-order valence-corrected chi connectivity index (χ2v) is 8.11. The van der Waals surface area contributed by atoms with E-state index in [1.807, 2.05) is 28.8 Å². The van der Waals surface area contributed by atoms with Crippen molar-refractivity contribution in [2.45, 2.75) is 18.1 Å². The molecular weight excluding hydrogens is 302 g/mol. The molecule has 2 aliphatic rings. The summed E-state index contributed by atoms with van der Waals surface area (Å²) in [5.74, 6) is 0. The van der Waals surface area contributed by atoms with Crippen molar-refractivity contribution < 1.29 is 13.5 Å². The van der Waals surface area contributed by atoms with Crippen LogP contribution in [0.1, 0.15) is 18.0 Å². The van der Waals surface area contributed by atoms with Crippen molar-refractivity contribution >= 4 is 10.0 Å². The zero-order chi connectivity index (χ0) is 15.5. The van der Waals surface area contributed by atoms with E-state index in [2.05, 4.69) is 4.98 Å². The number of rotatable bonds is 2. The van der Waals surface area contributed by atoms with Crippen LogP contribution in [-0.4, -0.2) is 52.3 Å². The lowest BCUT2D eigenvalue weighted by atomic mass is 9.87. The summed E-state index contributed by atoms with van der Waals surface area (Å²) in [4.78, 5) is 4.18. The summed E-state index contributed by atoms with van der Waals surface area (Å²) in [6.07, 6.45) is 5.09. The molecule has 4 rings (SSSR count). The van der Waals surface area contributed by atoms with E-state index >= 15 is 0 Å². The molecule has 0 spiro atoms. The molecule has 2 aliphatic heterocycles. The Labute approximate surface area is 129 Å². The molecule has 6 nitrogen and oxygen atoms in total. The van der Waals surface area contributed by atoms with Crippen LogP contribution in [0.4, 0.5) is 0 Å². The minimum Gasteiger partial charge on any atom is -0.386 e. The summed E-state index contributed by atoms with van der Waals surface area (Å²) >= 11 is 0. The number of aromatic nitrogens is 2. The summed E-state index contributed by atoms with van der Waals surface area (Å²) in [5, 5.41) is 11.2. The monoisotopic (exact) mass is 319 g/mol. The van der Waals surface area contributed by atoms with Crippen LogP contribution in [0, 0.1) is 0 Å². The van der Waals surface area contributed by atoms with Crippen LogP contribution in [0.15, 0.2) is 36.8 Å². The lowest BCUT2D eigenvalue weighted by Crippen LogP contribution is -2.42. The molecule has 0 saturated carbocycles. The number of nitrogens with zero attached hydrogens (tertiary/aromatic N) is 3. The highest BCUT2D eigenvalue weighted by molar-refractivity contribution is 7.88. The Hall–Kier alpha value is -1.70. The number of benzene rings is 1. The van der Waals surface area contributed by atoms with Crippen molar-refractivity contribution in [3.8, 4) is 11.3 Å². The Kier molecular flexibility index (Phi) is 2.79. The Bertz CT molecular complexity index is 845. The first-order valence-electron chi connectivity index (χ1n) is 7.19. The van der Waals surface area contributed by atoms with Gasteiger partial charge in [0.1, 0.15) is 5.60 Å². The normalized spacial score (nSPS) is 27.8. The van der Waals surface area contributed by atoms with E-state index in [-0.39, 0.29) is 12.6 Å². The smallest absolute Gasteiger partial charge is 0.211 e. The number of sulfonamides is 1. The Morgan fingerprint density at radius 3 is 2.86 bits per heavy atom. The molecule has 0 amide bonds. The standard InChI is InChI=1S/C15H17N3O3S/c1-22(20,21)17-7-6-15(19,9-17)14-12-5-3-2-4-11(12)13-8-16-10-18(13)14/h2-5,8,10,14,19H,6-7,9H2,1H3. The van der Waals surface area contributed by atoms with Gasteiger partial charge in [0, 0.05) is 18.7 Å². The van der Waals surface area contributed by atoms with Gasteiger partial charge in [-0.25, -0.2) is 13.4 Å². The van der Waals surface area contributed by atoms with Gasteiger partial charge in [-0.2, -0.15) is 4.31 Å². The molecular formula is C15H17N3O3S. The number of imidazole rings is 1. The molecule has 3 heterocycles. The van der Waals surface area contributed by atoms with Crippen LogP contribution in [-0.2, 0) is 10.0 Å². The van der Waals surface area contributed by atoms with Gasteiger partial charge >= 0.3 is 0 Å². The average Bonchev–Trinajstić information content (AvgIpc) is 3.11. The van der Waals surface area contributed by atoms with Crippen LogP contribution in [0.5, 0.6) is 0 Å². The van der Waals surface area contributed by atoms with E-state index in [1.54, 1.807) is 12.5 Å². The second kappa shape index (κ2) is 4.41. The fourth-order valence-corrected chi connectivity index (χ4v) is 4.55. The molecule has 1 fully saturated rings.